The Balaban J connectivity index is 2.29. The first-order valence-corrected chi connectivity index (χ1v) is 10.2. The van der Waals surface area contributed by atoms with E-state index in [0.717, 1.165) is 5.76 Å². The van der Waals surface area contributed by atoms with Gasteiger partial charge in [-0.25, -0.2) is 8.42 Å². The van der Waals surface area contributed by atoms with Crippen LogP contribution in [0.5, 0.6) is 0 Å². The van der Waals surface area contributed by atoms with Crippen molar-refractivity contribution in [2.24, 2.45) is 0 Å². The Morgan fingerprint density at radius 3 is 2.42 bits per heavy atom. The van der Waals surface area contributed by atoms with Crippen molar-refractivity contribution in [3.05, 3.63) is 52.4 Å². The van der Waals surface area contributed by atoms with E-state index in [1.807, 2.05) is 13.0 Å². The van der Waals surface area contributed by atoms with Crippen LogP contribution < -0.4 is 5.32 Å². The number of rotatable bonds is 7. The number of carbonyl (C=O) groups is 1. The van der Waals surface area contributed by atoms with Gasteiger partial charge < -0.3 is 9.73 Å². The van der Waals surface area contributed by atoms with Crippen LogP contribution in [0, 0.1) is 6.92 Å². The molecule has 0 spiro atoms. The minimum absolute atomic E-state index is 0.0722. The summed E-state index contributed by atoms with van der Waals surface area (Å²) < 4.78 is 32.3. The highest BCUT2D eigenvalue weighted by atomic mass is 35.5. The van der Waals surface area contributed by atoms with E-state index in [-0.39, 0.29) is 21.5 Å². The SMILES string of the molecule is CCN(CC)S(=O)(=O)c1cc(C(=O)NC(C)c2ccc(C)o2)ccc1Cl. The number of carbonyl (C=O) groups excluding carboxylic acids is 1. The van der Waals surface area contributed by atoms with Crippen molar-refractivity contribution in [1.29, 1.82) is 0 Å². The van der Waals surface area contributed by atoms with Crippen molar-refractivity contribution in [2.75, 3.05) is 13.1 Å². The van der Waals surface area contributed by atoms with Crippen LogP contribution in [0.3, 0.4) is 0 Å². The fourth-order valence-corrected chi connectivity index (χ4v) is 4.54. The summed E-state index contributed by atoms with van der Waals surface area (Å²) in [4.78, 5) is 12.5. The van der Waals surface area contributed by atoms with E-state index in [1.54, 1.807) is 26.8 Å². The Bertz CT molecular complexity index is 888. The monoisotopic (exact) mass is 398 g/mol. The van der Waals surface area contributed by atoms with Crippen LogP contribution >= 0.6 is 11.6 Å². The quantitative estimate of drug-likeness (QED) is 0.769. The van der Waals surface area contributed by atoms with Gasteiger partial charge in [-0.3, -0.25) is 4.79 Å². The molecule has 2 rings (SSSR count). The van der Waals surface area contributed by atoms with E-state index >= 15 is 0 Å². The van der Waals surface area contributed by atoms with Gasteiger partial charge in [-0.2, -0.15) is 4.31 Å². The normalized spacial score (nSPS) is 13.0. The number of benzene rings is 1. The predicted octanol–water partition coefficient (Wildman–Crippen LogP) is 3.76. The average Bonchev–Trinajstić information content (AvgIpc) is 3.02. The first kappa shape index (κ1) is 20.5. The summed E-state index contributed by atoms with van der Waals surface area (Å²) in [6, 6.07) is 7.49. The maximum Gasteiger partial charge on any atom is 0.251 e. The Morgan fingerprint density at radius 1 is 1.23 bits per heavy atom. The highest BCUT2D eigenvalue weighted by Gasteiger charge is 2.26. The summed E-state index contributed by atoms with van der Waals surface area (Å²) in [7, 11) is -3.76. The van der Waals surface area contributed by atoms with Gasteiger partial charge in [0.15, 0.2) is 0 Å². The number of sulfonamides is 1. The van der Waals surface area contributed by atoms with Gasteiger partial charge in [0.25, 0.3) is 5.91 Å². The molecule has 0 aliphatic heterocycles. The lowest BCUT2D eigenvalue weighted by molar-refractivity contribution is 0.0935. The molecule has 1 heterocycles. The van der Waals surface area contributed by atoms with E-state index < -0.39 is 15.9 Å². The first-order chi connectivity index (χ1) is 12.2. The summed E-state index contributed by atoms with van der Waals surface area (Å²) in [6.07, 6.45) is 0. The third kappa shape index (κ3) is 4.28. The number of halogens is 1. The van der Waals surface area contributed by atoms with Crippen molar-refractivity contribution < 1.29 is 17.6 Å². The zero-order valence-electron chi connectivity index (χ0n) is 15.2. The molecular weight excluding hydrogens is 376 g/mol. The van der Waals surface area contributed by atoms with E-state index in [2.05, 4.69) is 5.32 Å². The lowest BCUT2D eigenvalue weighted by atomic mass is 10.2. The van der Waals surface area contributed by atoms with E-state index in [9.17, 15) is 13.2 Å². The summed E-state index contributed by atoms with van der Waals surface area (Å²) in [5.41, 5.74) is 0.218. The van der Waals surface area contributed by atoms with Gasteiger partial charge in [-0.1, -0.05) is 25.4 Å². The maximum absolute atomic E-state index is 12.7. The second-order valence-electron chi connectivity index (χ2n) is 5.88. The number of hydrogen-bond donors (Lipinski definition) is 1. The molecular formula is C18H23ClN2O4S. The minimum atomic E-state index is -3.76. The van der Waals surface area contributed by atoms with E-state index in [0.29, 0.717) is 18.8 Å². The van der Waals surface area contributed by atoms with Gasteiger partial charge in [0, 0.05) is 18.7 Å². The van der Waals surface area contributed by atoms with Crippen molar-refractivity contribution in [2.45, 2.75) is 38.6 Å². The molecule has 0 saturated carbocycles. The van der Waals surface area contributed by atoms with Gasteiger partial charge in [0.1, 0.15) is 16.4 Å². The molecule has 1 aromatic heterocycles. The van der Waals surface area contributed by atoms with Crippen LogP contribution in [0.15, 0.2) is 39.6 Å². The van der Waals surface area contributed by atoms with Crippen LogP contribution in [-0.4, -0.2) is 31.7 Å². The average molecular weight is 399 g/mol. The molecule has 6 nitrogen and oxygen atoms in total. The minimum Gasteiger partial charge on any atom is -0.464 e. The molecule has 0 aliphatic rings. The van der Waals surface area contributed by atoms with Gasteiger partial charge in [0.05, 0.1) is 11.1 Å². The standard InChI is InChI=1S/C18H23ClN2O4S/c1-5-21(6-2)26(23,24)17-11-14(8-9-15(17)19)18(22)20-13(4)16-10-7-12(3)25-16/h7-11,13H,5-6H2,1-4H3,(H,20,22). The van der Waals surface area contributed by atoms with Gasteiger partial charge in [0.2, 0.25) is 10.0 Å². The fourth-order valence-electron chi connectivity index (χ4n) is 2.58. The molecule has 0 aliphatic carbocycles. The van der Waals surface area contributed by atoms with Crippen molar-refractivity contribution in [3.8, 4) is 0 Å². The van der Waals surface area contributed by atoms with E-state index in [4.69, 9.17) is 16.0 Å². The zero-order valence-corrected chi connectivity index (χ0v) is 16.8. The van der Waals surface area contributed by atoms with Crippen molar-refractivity contribution in [1.82, 2.24) is 9.62 Å². The third-order valence-corrected chi connectivity index (χ3v) is 6.58. The highest BCUT2D eigenvalue weighted by molar-refractivity contribution is 7.89. The van der Waals surface area contributed by atoms with Gasteiger partial charge in [-0.15, -0.1) is 0 Å². The molecule has 2 aromatic rings. The first-order valence-electron chi connectivity index (χ1n) is 8.37. The number of nitrogens with one attached hydrogen (secondary N) is 1. The molecule has 0 radical (unpaired) electrons. The number of aryl methyl sites for hydroxylation is 1. The summed E-state index contributed by atoms with van der Waals surface area (Å²) in [5, 5.41) is 2.88. The number of hydrogen-bond acceptors (Lipinski definition) is 4. The largest absolute Gasteiger partial charge is 0.464 e. The molecule has 1 amide bonds. The van der Waals surface area contributed by atoms with Crippen LogP contribution in [0.4, 0.5) is 0 Å². The fraction of sp³-hybridized carbons (Fsp3) is 0.389. The molecule has 1 aromatic carbocycles. The second kappa shape index (κ2) is 8.24. The highest BCUT2D eigenvalue weighted by Crippen LogP contribution is 2.26. The number of furan rings is 1. The Labute approximate surface area is 159 Å². The maximum atomic E-state index is 12.7. The molecule has 0 fully saturated rings. The van der Waals surface area contributed by atoms with E-state index in [1.165, 1.54) is 22.5 Å². The molecule has 0 saturated heterocycles. The predicted molar refractivity (Wildman–Crippen MR) is 101 cm³/mol. The van der Waals surface area contributed by atoms with Crippen LogP contribution in [0.2, 0.25) is 5.02 Å². The molecule has 26 heavy (non-hydrogen) atoms. The Morgan fingerprint density at radius 2 is 1.88 bits per heavy atom. The summed E-state index contributed by atoms with van der Waals surface area (Å²) in [6.45, 7) is 7.75. The van der Waals surface area contributed by atoms with Crippen molar-refractivity contribution in [3.63, 3.8) is 0 Å². The third-order valence-electron chi connectivity index (χ3n) is 4.05. The lowest BCUT2D eigenvalue weighted by Gasteiger charge is -2.20. The molecule has 142 valence electrons. The molecule has 0 bridgehead atoms. The van der Waals surface area contributed by atoms with Crippen molar-refractivity contribution >= 4 is 27.5 Å². The summed E-state index contributed by atoms with van der Waals surface area (Å²) >= 11 is 6.10. The second-order valence-corrected chi connectivity index (χ2v) is 8.19. The molecule has 8 heteroatoms. The molecule has 1 unspecified atom stereocenters. The van der Waals surface area contributed by atoms with Gasteiger partial charge >= 0.3 is 0 Å². The van der Waals surface area contributed by atoms with Crippen LogP contribution in [0.1, 0.15) is 48.7 Å². The summed E-state index contributed by atoms with van der Waals surface area (Å²) in [5.74, 6) is 0.972. The molecule has 1 N–H and O–H groups in total. The van der Waals surface area contributed by atoms with Crippen LogP contribution in [-0.2, 0) is 10.0 Å². The lowest BCUT2D eigenvalue weighted by Crippen LogP contribution is -2.31. The Kier molecular flexibility index (Phi) is 6.49. The van der Waals surface area contributed by atoms with Gasteiger partial charge in [-0.05, 0) is 44.2 Å². The zero-order chi connectivity index (χ0) is 19.5. The Hall–Kier alpha value is -1.83. The molecule has 1 atom stereocenters. The number of amides is 1. The smallest absolute Gasteiger partial charge is 0.251 e. The van der Waals surface area contributed by atoms with Crippen LogP contribution in [0.25, 0.3) is 0 Å². The topological polar surface area (TPSA) is 79.6 Å². The number of nitrogens with zero attached hydrogens (tertiary/aromatic N) is 1.